The van der Waals surface area contributed by atoms with Crippen LogP contribution in [0.2, 0.25) is 0 Å². The van der Waals surface area contributed by atoms with Gasteiger partial charge in [0.25, 0.3) is 0 Å². The van der Waals surface area contributed by atoms with Crippen LogP contribution < -0.4 is 10.1 Å². The molecular weight excluding hydrogens is 219 g/mol. The van der Waals surface area contributed by atoms with Crippen molar-refractivity contribution in [2.45, 2.75) is 31.3 Å². The maximum Gasteiger partial charge on any atom is 0.165 e. The van der Waals surface area contributed by atoms with Crippen LogP contribution in [0.4, 0.5) is 4.39 Å². The van der Waals surface area contributed by atoms with Gasteiger partial charge in [0.2, 0.25) is 0 Å². The molecule has 17 heavy (non-hydrogen) atoms. The van der Waals surface area contributed by atoms with Crippen LogP contribution in [-0.2, 0) is 0 Å². The van der Waals surface area contributed by atoms with E-state index in [-0.39, 0.29) is 17.6 Å². The molecule has 0 saturated heterocycles. The van der Waals surface area contributed by atoms with Gasteiger partial charge in [-0.1, -0.05) is 12.1 Å². The van der Waals surface area contributed by atoms with Crippen LogP contribution in [0.15, 0.2) is 24.3 Å². The third-order valence-corrected chi connectivity index (χ3v) is 2.67. The monoisotopic (exact) mass is 234 g/mol. The SMILES string of the molecule is N#CC(CCOc1ccccc1F)NC1CC1. The van der Waals surface area contributed by atoms with Crippen molar-refractivity contribution in [3.05, 3.63) is 30.1 Å². The summed E-state index contributed by atoms with van der Waals surface area (Å²) in [4.78, 5) is 0. The second-order valence-corrected chi connectivity index (χ2v) is 4.19. The zero-order valence-electron chi connectivity index (χ0n) is 9.53. The van der Waals surface area contributed by atoms with Gasteiger partial charge in [-0.15, -0.1) is 0 Å². The highest BCUT2D eigenvalue weighted by Gasteiger charge is 2.24. The van der Waals surface area contributed by atoms with Gasteiger partial charge in [-0.25, -0.2) is 4.39 Å². The molecule has 0 bridgehead atoms. The van der Waals surface area contributed by atoms with E-state index in [0.29, 0.717) is 19.1 Å². The van der Waals surface area contributed by atoms with Crippen LogP contribution in [-0.4, -0.2) is 18.7 Å². The van der Waals surface area contributed by atoms with Crippen LogP contribution in [0.5, 0.6) is 5.75 Å². The standard InChI is InChI=1S/C13H15FN2O/c14-12-3-1-2-4-13(12)17-8-7-11(9-15)16-10-5-6-10/h1-4,10-11,16H,5-8H2. The highest BCUT2D eigenvalue weighted by atomic mass is 19.1. The average molecular weight is 234 g/mol. The summed E-state index contributed by atoms with van der Waals surface area (Å²) in [7, 11) is 0. The Morgan fingerprint density at radius 3 is 2.88 bits per heavy atom. The smallest absolute Gasteiger partial charge is 0.165 e. The minimum Gasteiger partial charge on any atom is -0.490 e. The number of hydrogen-bond donors (Lipinski definition) is 1. The molecule has 1 aromatic carbocycles. The fraction of sp³-hybridized carbons (Fsp3) is 0.462. The van der Waals surface area contributed by atoms with Crippen molar-refractivity contribution in [1.82, 2.24) is 5.32 Å². The lowest BCUT2D eigenvalue weighted by Gasteiger charge is -2.11. The number of hydrogen-bond acceptors (Lipinski definition) is 3. The third kappa shape index (κ3) is 3.72. The van der Waals surface area contributed by atoms with Gasteiger partial charge in [0.1, 0.15) is 0 Å². The Hall–Kier alpha value is -1.60. The summed E-state index contributed by atoms with van der Waals surface area (Å²) in [5.74, 6) is -0.119. The molecule has 1 aliphatic rings. The van der Waals surface area contributed by atoms with Gasteiger partial charge >= 0.3 is 0 Å². The van der Waals surface area contributed by atoms with Gasteiger partial charge in [0, 0.05) is 12.5 Å². The van der Waals surface area contributed by atoms with Gasteiger partial charge in [-0.3, -0.25) is 5.32 Å². The van der Waals surface area contributed by atoms with Crippen molar-refractivity contribution in [2.75, 3.05) is 6.61 Å². The number of ether oxygens (including phenoxy) is 1. The summed E-state index contributed by atoms with van der Waals surface area (Å²) in [6, 6.07) is 8.78. The van der Waals surface area contributed by atoms with Gasteiger partial charge in [0.15, 0.2) is 11.6 Å². The van der Waals surface area contributed by atoms with Crippen molar-refractivity contribution in [3.63, 3.8) is 0 Å². The maximum atomic E-state index is 13.2. The number of nitrogens with one attached hydrogen (secondary N) is 1. The molecule has 1 fully saturated rings. The predicted octanol–water partition coefficient (Wildman–Crippen LogP) is 2.24. The normalized spacial score (nSPS) is 16.2. The van der Waals surface area contributed by atoms with E-state index in [9.17, 15) is 4.39 Å². The zero-order valence-corrected chi connectivity index (χ0v) is 9.53. The van der Waals surface area contributed by atoms with Crippen LogP contribution >= 0.6 is 0 Å². The van der Waals surface area contributed by atoms with Gasteiger partial charge in [-0.2, -0.15) is 5.26 Å². The Morgan fingerprint density at radius 2 is 2.24 bits per heavy atom. The average Bonchev–Trinajstić information content (AvgIpc) is 3.14. The first-order valence-corrected chi connectivity index (χ1v) is 5.82. The number of benzene rings is 1. The summed E-state index contributed by atoms with van der Waals surface area (Å²) >= 11 is 0. The molecule has 1 N–H and O–H groups in total. The van der Waals surface area contributed by atoms with Gasteiger partial charge < -0.3 is 4.74 Å². The van der Waals surface area contributed by atoms with E-state index >= 15 is 0 Å². The van der Waals surface area contributed by atoms with Gasteiger partial charge in [0.05, 0.1) is 18.7 Å². The second kappa shape index (κ2) is 5.65. The molecule has 3 nitrogen and oxygen atoms in total. The van der Waals surface area contributed by atoms with Crippen LogP contribution in [0.25, 0.3) is 0 Å². The minimum atomic E-state index is -0.365. The van der Waals surface area contributed by atoms with E-state index < -0.39 is 0 Å². The molecule has 1 aliphatic carbocycles. The fourth-order valence-electron chi connectivity index (χ4n) is 1.57. The first-order chi connectivity index (χ1) is 8.29. The second-order valence-electron chi connectivity index (χ2n) is 4.19. The van der Waals surface area contributed by atoms with E-state index in [1.165, 1.54) is 6.07 Å². The molecule has 2 rings (SSSR count). The number of nitriles is 1. The third-order valence-electron chi connectivity index (χ3n) is 2.67. The van der Waals surface area contributed by atoms with E-state index in [1.54, 1.807) is 18.2 Å². The summed E-state index contributed by atoms with van der Waals surface area (Å²) in [5.41, 5.74) is 0. The van der Waals surface area contributed by atoms with Crippen molar-refractivity contribution in [1.29, 1.82) is 5.26 Å². The van der Waals surface area contributed by atoms with E-state index in [1.807, 2.05) is 0 Å². The summed E-state index contributed by atoms with van der Waals surface area (Å²) < 4.78 is 18.5. The van der Waals surface area contributed by atoms with Crippen molar-refractivity contribution in [3.8, 4) is 11.8 Å². The lowest BCUT2D eigenvalue weighted by molar-refractivity contribution is 0.284. The minimum absolute atomic E-state index is 0.200. The Kier molecular flexibility index (Phi) is 3.94. The first kappa shape index (κ1) is 11.9. The molecule has 0 heterocycles. The van der Waals surface area contributed by atoms with Crippen molar-refractivity contribution in [2.24, 2.45) is 0 Å². The molecule has 1 atom stereocenters. The summed E-state index contributed by atoms with van der Waals surface area (Å²) in [6.45, 7) is 0.346. The van der Waals surface area contributed by atoms with Crippen LogP contribution in [0.1, 0.15) is 19.3 Å². The molecule has 0 radical (unpaired) electrons. The predicted molar refractivity (Wildman–Crippen MR) is 62.1 cm³/mol. The number of halogens is 1. The van der Waals surface area contributed by atoms with Crippen LogP contribution in [0.3, 0.4) is 0 Å². The maximum absolute atomic E-state index is 13.2. The molecule has 4 heteroatoms. The van der Waals surface area contributed by atoms with Crippen molar-refractivity contribution >= 4 is 0 Å². The quantitative estimate of drug-likeness (QED) is 0.821. The molecule has 0 aromatic heterocycles. The topological polar surface area (TPSA) is 45.0 Å². The Balaban J connectivity index is 1.74. The molecule has 0 amide bonds. The fourth-order valence-corrected chi connectivity index (χ4v) is 1.57. The van der Waals surface area contributed by atoms with Gasteiger partial charge in [-0.05, 0) is 25.0 Å². The molecule has 1 saturated carbocycles. The molecule has 0 aliphatic heterocycles. The largest absolute Gasteiger partial charge is 0.490 e. The summed E-state index contributed by atoms with van der Waals surface area (Å²) in [5, 5.41) is 12.1. The highest BCUT2D eigenvalue weighted by molar-refractivity contribution is 5.23. The lowest BCUT2D eigenvalue weighted by Crippen LogP contribution is -2.31. The lowest BCUT2D eigenvalue weighted by atomic mass is 10.2. The number of rotatable bonds is 6. The van der Waals surface area contributed by atoms with E-state index in [4.69, 9.17) is 10.00 Å². The molecule has 1 unspecified atom stereocenters. The number of nitrogens with zero attached hydrogens (tertiary/aromatic N) is 1. The van der Waals surface area contributed by atoms with Crippen molar-refractivity contribution < 1.29 is 9.13 Å². The van der Waals surface area contributed by atoms with E-state index in [0.717, 1.165) is 12.8 Å². The molecule has 0 spiro atoms. The molecule has 1 aromatic rings. The highest BCUT2D eigenvalue weighted by Crippen LogP contribution is 2.20. The zero-order chi connectivity index (χ0) is 12.1. The molecular formula is C13H15FN2O. The molecule has 90 valence electrons. The first-order valence-electron chi connectivity index (χ1n) is 5.82. The number of para-hydroxylation sites is 1. The Bertz CT molecular complexity index is 412. The van der Waals surface area contributed by atoms with E-state index in [2.05, 4.69) is 11.4 Å². The van der Waals surface area contributed by atoms with Crippen LogP contribution in [0, 0.1) is 17.1 Å². The Morgan fingerprint density at radius 1 is 1.47 bits per heavy atom. The summed E-state index contributed by atoms with van der Waals surface area (Å²) in [6.07, 6.45) is 2.86. The Labute approximate surface area is 100 Å².